The fourth-order valence-electron chi connectivity index (χ4n) is 2.66. The number of imidazole rings is 1. The number of aromatic nitrogens is 2. The number of pyridine rings is 1. The van der Waals surface area contributed by atoms with Gasteiger partial charge in [0.05, 0.1) is 29.6 Å². The normalized spacial score (nSPS) is 12.3. The van der Waals surface area contributed by atoms with E-state index in [-0.39, 0.29) is 0 Å². The SMILES string of the molecule is CCOP(=O)(OCC)c1ccn2c(nc3ccccc32)c1C. The fourth-order valence-corrected chi connectivity index (χ4v) is 4.45. The van der Waals surface area contributed by atoms with Crippen molar-refractivity contribution >= 4 is 29.6 Å². The molecule has 2 aromatic heterocycles. The minimum atomic E-state index is -3.31. The molecule has 0 saturated heterocycles. The van der Waals surface area contributed by atoms with Gasteiger partial charge in [0.2, 0.25) is 0 Å². The Morgan fingerprint density at radius 1 is 1.14 bits per heavy atom. The van der Waals surface area contributed by atoms with E-state index in [2.05, 4.69) is 4.98 Å². The van der Waals surface area contributed by atoms with E-state index in [0.29, 0.717) is 18.5 Å². The highest BCUT2D eigenvalue weighted by Gasteiger charge is 2.30. The average Bonchev–Trinajstić information content (AvgIpc) is 2.88. The molecule has 2 heterocycles. The van der Waals surface area contributed by atoms with Crippen LogP contribution in [0.1, 0.15) is 19.4 Å². The van der Waals surface area contributed by atoms with E-state index in [1.807, 2.05) is 61.7 Å². The van der Waals surface area contributed by atoms with Gasteiger partial charge >= 0.3 is 7.60 Å². The van der Waals surface area contributed by atoms with Crippen molar-refractivity contribution in [1.82, 2.24) is 9.38 Å². The quantitative estimate of drug-likeness (QED) is 0.673. The van der Waals surface area contributed by atoms with Gasteiger partial charge in [-0.25, -0.2) is 4.98 Å². The number of aryl methyl sites for hydroxylation is 1. The monoisotopic (exact) mass is 318 g/mol. The second-order valence-electron chi connectivity index (χ2n) is 4.95. The number of nitrogens with zero attached hydrogens (tertiary/aromatic N) is 2. The van der Waals surface area contributed by atoms with Crippen molar-refractivity contribution < 1.29 is 13.6 Å². The summed E-state index contributed by atoms with van der Waals surface area (Å²) in [6.07, 6.45) is 1.87. The van der Waals surface area contributed by atoms with Crippen molar-refractivity contribution in [3.63, 3.8) is 0 Å². The maximum atomic E-state index is 13.0. The molecule has 5 nitrogen and oxygen atoms in total. The third-order valence-electron chi connectivity index (χ3n) is 3.59. The van der Waals surface area contributed by atoms with Crippen LogP contribution < -0.4 is 5.30 Å². The first-order valence-corrected chi connectivity index (χ1v) is 8.91. The number of fused-ring (bicyclic) bond motifs is 3. The highest BCUT2D eigenvalue weighted by molar-refractivity contribution is 7.62. The Morgan fingerprint density at radius 3 is 2.50 bits per heavy atom. The first kappa shape index (κ1) is 15.2. The van der Waals surface area contributed by atoms with E-state index >= 15 is 0 Å². The molecule has 0 amide bonds. The second-order valence-corrected chi connectivity index (χ2v) is 6.95. The van der Waals surface area contributed by atoms with Gasteiger partial charge in [-0.1, -0.05) is 12.1 Å². The summed E-state index contributed by atoms with van der Waals surface area (Å²) in [4.78, 5) is 4.64. The Morgan fingerprint density at radius 2 is 1.82 bits per heavy atom. The summed E-state index contributed by atoms with van der Waals surface area (Å²) < 4.78 is 25.9. The highest BCUT2D eigenvalue weighted by atomic mass is 31.2. The maximum absolute atomic E-state index is 13.0. The number of benzene rings is 1. The van der Waals surface area contributed by atoms with Gasteiger partial charge in [-0.05, 0) is 39.0 Å². The van der Waals surface area contributed by atoms with Gasteiger partial charge in [0, 0.05) is 11.8 Å². The van der Waals surface area contributed by atoms with Crippen molar-refractivity contribution in [2.24, 2.45) is 0 Å². The smallest absolute Gasteiger partial charge is 0.305 e. The molecule has 3 aromatic rings. The predicted molar refractivity (Wildman–Crippen MR) is 87.9 cm³/mol. The van der Waals surface area contributed by atoms with Gasteiger partial charge in [-0.15, -0.1) is 0 Å². The molecule has 1 aromatic carbocycles. The number of rotatable bonds is 5. The molecule has 0 atom stereocenters. The van der Waals surface area contributed by atoms with E-state index in [1.54, 1.807) is 0 Å². The third kappa shape index (κ3) is 2.35. The van der Waals surface area contributed by atoms with Crippen LogP contribution in [-0.2, 0) is 13.6 Å². The Labute approximate surface area is 129 Å². The molecule has 22 heavy (non-hydrogen) atoms. The Bertz CT molecular complexity index is 862. The van der Waals surface area contributed by atoms with Gasteiger partial charge in [-0.3, -0.25) is 8.97 Å². The zero-order chi connectivity index (χ0) is 15.7. The Kier molecular flexibility index (Phi) is 4.04. The van der Waals surface area contributed by atoms with Crippen LogP contribution in [0.3, 0.4) is 0 Å². The van der Waals surface area contributed by atoms with Crippen molar-refractivity contribution in [3.8, 4) is 0 Å². The van der Waals surface area contributed by atoms with Crippen LogP contribution in [0.2, 0.25) is 0 Å². The maximum Gasteiger partial charge on any atom is 0.361 e. The van der Waals surface area contributed by atoms with E-state index < -0.39 is 7.60 Å². The van der Waals surface area contributed by atoms with E-state index in [4.69, 9.17) is 9.05 Å². The molecule has 0 N–H and O–H groups in total. The van der Waals surface area contributed by atoms with Gasteiger partial charge in [0.15, 0.2) is 0 Å². The van der Waals surface area contributed by atoms with E-state index in [9.17, 15) is 4.57 Å². The number of para-hydroxylation sites is 2. The Hall–Kier alpha value is -1.68. The largest absolute Gasteiger partial charge is 0.361 e. The minimum absolute atomic E-state index is 0.332. The molecule has 0 radical (unpaired) electrons. The molecule has 0 aliphatic rings. The minimum Gasteiger partial charge on any atom is -0.305 e. The zero-order valence-electron chi connectivity index (χ0n) is 12.9. The van der Waals surface area contributed by atoms with Gasteiger partial charge in [-0.2, -0.15) is 0 Å². The van der Waals surface area contributed by atoms with Crippen LogP contribution in [-0.4, -0.2) is 22.6 Å². The van der Waals surface area contributed by atoms with Crippen molar-refractivity contribution in [2.45, 2.75) is 20.8 Å². The molecular formula is C16H19N2O3P. The summed E-state index contributed by atoms with van der Waals surface area (Å²) in [7, 11) is -3.31. The standard InChI is InChI=1S/C16H19N2O3P/c1-4-20-22(19,21-5-2)15-10-11-18-14-9-7-6-8-13(14)17-16(18)12(15)3/h6-11H,4-5H2,1-3H3. The summed E-state index contributed by atoms with van der Waals surface area (Å²) in [6.45, 7) is 6.19. The summed E-state index contributed by atoms with van der Waals surface area (Å²) in [5.41, 5.74) is 3.53. The molecule has 0 aliphatic carbocycles. The van der Waals surface area contributed by atoms with Crippen LogP contribution in [0.4, 0.5) is 0 Å². The summed E-state index contributed by atoms with van der Waals surface area (Å²) in [6, 6.07) is 9.72. The fraction of sp³-hybridized carbons (Fsp3) is 0.312. The highest BCUT2D eigenvalue weighted by Crippen LogP contribution is 2.48. The first-order chi connectivity index (χ1) is 10.6. The van der Waals surface area contributed by atoms with Crippen LogP contribution in [0.5, 0.6) is 0 Å². The summed E-state index contributed by atoms with van der Waals surface area (Å²) in [5, 5.41) is 0.582. The molecule has 116 valence electrons. The lowest BCUT2D eigenvalue weighted by atomic mass is 10.3. The third-order valence-corrected chi connectivity index (χ3v) is 5.86. The molecule has 0 aliphatic heterocycles. The van der Waals surface area contributed by atoms with Gasteiger partial charge in [0.25, 0.3) is 0 Å². The summed E-state index contributed by atoms with van der Waals surface area (Å²) in [5.74, 6) is 0. The molecule has 0 unspecified atom stereocenters. The zero-order valence-corrected chi connectivity index (χ0v) is 13.8. The van der Waals surface area contributed by atoms with Gasteiger partial charge in [0.1, 0.15) is 5.65 Å². The Balaban J connectivity index is 2.25. The molecule has 6 heteroatoms. The molecule has 0 fully saturated rings. The van der Waals surface area contributed by atoms with E-state index in [0.717, 1.165) is 22.2 Å². The van der Waals surface area contributed by atoms with Crippen LogP contribution >= 0.6 is 7.60 Å². The molecular weight excluding hydrogens is 299 g/mol. The number of hydrogen-bond acceptors (Lipinski definition) is 4. The second kappa shape index (κ2) is 5.84. The molecule has 0 bridgehead atoms. The summed E-state index contributed by atoms with van der Waals surface area (Å²) >= 11 is 0. The van der Waals surface area contributed by atoms with Crippen molar-refractivity contribution in [1.29, 1.82) is 0 Å². The van der Waals surface area contributed by atoms with Crippen molar-refractivity contribution in [2.75, 3.05) is 13.2 Å². The van der Waals surface area contributed by atoms with Crippen LogP contribution in [0, 0.1) is 6.92 Å². The van der Waals surface area contributed by atoms with Crippen LogP contribution in [0.25, 0.3) is 16.7 Å². The lowest BCUT2D eigenvalue weighted by molar-refractivity contribution is 0.230. The molecule has 3 rings (SSSR count). The van der Waals surface area contributed by atoms with Crippen molar-refractivity contribution in [3.05, 3.63) is 42.1 Å². The molecule has 0 saturated carbocycles. The average molecular weight is 318 g/mol. The van der Waals surface area contributed by atoms with E-state index in [1.165, 1.54) is 0 Å². The van der Waals surface area contributed by atoms with Gasteiger partial charge < -0.3 is 9.05 Å². The molecule has 0 spiro atoms. The van der Waals surface area contributed by atoms with Crippen LogP contribution in [0.15, 0.2) is 36.5 Å². The first-order valence-electron chi connectivity index (χ1n) is 7.36. The lowest BCUT2D eigenvalue weighted by Gasteiger charge is -2.19. The predicted octanol–water partition coefficient (Wildman–Crippen LogP) is 3.69. The topological polar surface area (TPSA) is 52.8 Å². The number of hydrogen-bond donors (Lipinski definition) is 0. The lowest BCUT2D eigenvalue weighted by Crippen LogP contribution is -2.15.